The van der Waals surface area contributed by atoms with E-state index in [0.29, 0.717) is 30.5 Å². The second-order valence-corrected chi connectivity index (χ2v) is 12.4. The van der Waals surface area contributed by atoms with Crippen molar-refractivity contribution in [2.45, 2.75) is 13.0 Å². The molecule has 0 spiro atoms. The number of rotatable bonds is 7. The van der Waals surface area contributed by atoms with Crippen molar-refractivity contribution in [3.63, 3.8) is 0 Å². The van der Waals surface area contributed by atoms with E-state index in [4.69, 9.17) is 25.7 Å². The van der Waals surface area contributed by atoms with Gasteiger partial charge in [0.1, 0.15) is 5.84 Å². The van der Waals surface area contributed by atoms with Crippen molar-refractivity contribution >= 4 is 33.2 Å². The molecular weight excluding hydrogens is 623 g/mol. The van der Waals surface area contributed by atoms with Gasteiger partial charge >= 0.3 is 0 Å². The van der Waals surface area contributed by atoms with Crippen LogP contribution < -0.4 is 5.73 Å². The van der Waals surface area contributed by atoms with Crippen molar-refractivity contribution in [2.24, 2.45) is 15.7 Å². The van der Waals surface area contributed by atoms with Crippen LogP contribution in [0.4, 0.5) is 0 Å². The Balaban J connectivity index is 1.31. The van der Waals surface area contributed by atoms with Gasteiger partial charge in [0.2, 0.25) is 0 Å². The van der Waals surface area contributed by atoms with Gasteiger partial charge in [-0.2, -0.15) is 0 Å². The van der Waals surface area contributed by atoms with E-state index in [1.807, 2.05) is 66.8 Å². The molecule has 0 radical (unpaired) electrons. The van der Waals surface area contributed by atoms with E-state index in [-0.39, 0.29) is 0 Å². The molecule has 8 rings (SSSR count). The maximum Gasteiger partial charge on any atom is 0.160 e. The third-order valence-corrected chi connectivity index (χ3v) is 9.05. The van der Waals surface area contributed by atoms with Gasteiger partial charge in [-0.25, -0.2) is 15.0 Å². The minimum absolute atomic E-state index is 0.356. The molecule has 0 unspecified atom stereocenters. The first kappa shape index (κ1) is 31.5. The molecule has 5 nitrogen and oxygen atoms in total. The summed E-state index contributed by atoms with van der Waals surface area (Å²) in [5.41, 5.74) is 14.1. The van der Waals surface area contributed by atoms with E-state index in [2.05, 4.69) is 109 Å². The first-order chi connectivity index (χ1) is 25.2. The fourth-order valence-corrected chi connectivity index (χ4v) is 6.44. The molecule has 0 atom stereocenters. The molecule has 2 N–H and O–H groups in total. The minimum atomic E-state index is 0.356. The molecule has 51 heavy (non-hydrogen) atoms. The molecule has 0 fully saturated rings. The summed E-state index contributed by atoms with van der Waals surface area (Å²) in [7, 11) is 0. The lowest BCUT2D eigenvalue weighted by Gasteiger charge is -2.14. The van der Waals surface area contributed by atoms with Crippen molar-refractivity contribution < 1.29 is 0 Å². The molecule has 244 valence electrons. The minimum Gasteiger partial charge on any atom is -0.383 e. The van der Waals surface area contributed by atoms with Crippen LogP contribution in [0.3, 0.4) is 0 Å². The van der Waals surface area contributed by atoms with Gasteiger partial charge in [0.15, 0.2) is 11.7 Å². The predicted octanol–water partition coefficient (Wildman–Crippen LogP) is 10.5. The number of aliphatic imine (C=N–C) groups is 2. The van der Waals surface area contributed by atoms with Crippen molar-refractivity contribution in [1.29, 1.82) is 0 Å². The Hall–Kier alpha value is -6.72. The van der Waals surface area contributed by atoms with Gasteiger partial charge < -0.3 is 5.73 Å². The van der Waals surface area contributed by atoms with Gasteiger partial charge in [-0.15, -0.1) is 0 Å². The number of hydrogen-bond acceptors (Lipinski definition) is 3. The lowest BCUT2D eigenvalue weighted by Crippen LogP contribution is -2.16. The summed E-state index contributed by atoms with van der Waals surface area (Å²) < 4.78 is 0. The maximum absolute atomic E-state index is 6.58. The zero-order valence-electron chi connectivity index (χ0n) is 28.0. The van der Waals surface area contributed by atoms with Crippen molar-refractivity contribution in [3.05, 3.63) is 193 Å². The van der Waals surface area contributed by atoms with Gasteiger partial charge in [0.25, 0.3) is 0 Å². The molecule has 1 aromatic heterocycles. The van der Waals surface area contributed by atoms with Crippen LogP contribution >= 0.6 is 0 Å². The van der Waals surface area contributed by atoms with Crippen LogP contribution in [0.5, 0.6) is 0 Å². The van der Waals surface area contributed by atoms with Gasteiger partial charge in [-0.1, -0.05) is 158 Å². The van der Waals surface area contributed by atoms with Crippen LogP contribution in [0, 0.1) is 0 Å². The molecule has 5 heteroatoms. The normalized spacial score (nSPS) is 13.4. The van der Waals surface area contributed by atoms with Crippen molar-refractivity contribution in [2.75, 3.05) is 0 Å². The molecule has 0 saturated carbocycles. The first-order valence-electron chi connectivity index (χ1n) is 17.1. The molecule has 1 aliphatic rings. The van der Waals surface area contributed by atoms with E-state index < -0.39 is 0 Å². The SMILES string of the molecule is NC(=NC(=NCc1cc2ccccc2cc1-c1nc(-c2ccccc2)cc(-c2cccc3ccccc23)n1)C1=CC=CC=CC1)c1ccccc1. The second kappa shape index (κ2) is 14.4. The molecular formula is C46H35N5. The number of aromatic nitrogens is 2. The molecule has 1 heterocycles. The summed E-state index contributed by atoms with van der Waals surface area (Å²) in [6.45, 7) is 0.356. The van der Waals surface area contributed by atoms with Crippen LogP contribution in [-0.2, 0) is 6.54 Å². The Bertz CT molecular complexity index is 2520. The van der Waals surface area contributed by atoms with Gasteiger partial charge in [0.05, 0.1) is 17.9 Å². The Morgan fingerprint density at radius 2 is 1.29 bits per heavy atom. The number of benzene rings is 6. The number of nitrogens with two attached hydrogens (primary N) is 1. The third-order valence-electron chi connectivity index (χ3n) is 9.05. The molecule has 0 aliphatic heterocycles. The van der Waals surface area contributed by atoms with Crippen LogP contribution in [0.25, 0.3) is 55.4 Å². The topological polar surface area (TPSA) is 76.5 Å². The zero-order valence-corrected chi connectivity index (χ0v) is 28.0. The average molecular weight is 658 g/mol. The summed E-state index contributed by atoms with van der Waals surface area (Å²) in [4.78, 5) is 20.6. The lowest BCUT2D eigenvalue weighted by atomic mass is 9.98. The van der Waals surface area contributed by atoms with Crippen molar-refractivity contribution in [1.82, 2.24) is 9.97 Å². The highest BCUT2D eigenvalue weighted by molar-refractivity contribution is 6.11. The van der Waals surface area contributed by atoms with E-state index >= 15 is 0 Å². The fourth-order valence-electron chi connectivity index (χ4n) is 6.44. The van der Waals surface area contributed by atoms with Gasteiger partial charge in [0, 0.05) is 27.8 Å². The monoisotopic (exact) mass is 657 g/mol. The Labute approximate surface area is 297 Å². The number of allylic oxidation sites excluding steroid dienone is 5. The Morgan fingerprint density at radius 3 is 2.12 bits per heavy atom. The zero-order chi connectivity index (χ0) is 34.4. The summed E-state index contributed by atoms with van der Waals surface area (Å²) in [5, 5.41) is 4.53. The molecule has 1 aliphatic carbocycles. The highest BCUT2D eigenvalue weighted by atomic mass is 15.0. The lowest BCUT2D eigenvalue weighted by molar-refractivity contribution is 1.05. The number of fused-ring (bicyclic) bond motifs is 2. The van der Waals surface area contributed by atoms with Crippen LogP contribution in [0.1, 0.15) is 17.5 Å². The third kappa shape index (κ3) is 6.91. The van der Waals surface area contributed by atoms with E-state index in [9.17, 15) is 0 Å². The standard InChI is InChI=1S/C46H35N5/c47-44(34-19-9-4-10-20-34)51-45(35-21-5-1-2-6-22-35)48-31-38-28-36-23-11-12-24-37(36)29-41(38)46-49-42(33-17-7-3-8-18-33)30-43(50-46)40-27-15-25-32-16-13-14-26-39(32)40/h1-21,23-30H,22,31H2,(H2,47,48,51). The molecule has 6 aromatic carbocycles. The largest absolute Gasteiger partial charge is 0.383 e. The summed E-state index contributed by atoms with van der Waals surface area (Å²) in [5.74, 6) is 1.66. The molecule has 0 saturated heterocycles. The Morgan fingerprint density at radius 1 is 0.608 bits per heavy atom. The van der Waals surface area contributed by atoms with Crippen LogP contribution in [-0.4, -0.2) is 21.6 Å². The summed E-state index contributed by atoms with van der Waals surface area (Å²) >= 11 is 0. The van der Waals surface area contributed by atoms with Crippen LogP contribution in [0.15, 0.2) is 192 Å². The van der Waals surface area contributed by atoms with Crippen molar-refractivity contribution in [3.8, 4) is 33.9 Å². The highest BCUT2D eigenvalue weighted by Crippen LogP contribution is 2.34. The Kier molecular flexibility index (Phi) is 8.91. The maximum atomic E-state index is 6.58. The quantitative estimate of drug-likeness (QED) is 0.137. The smallest absolute Gasteiger partial charge is 0.160 e. The van der Waals surface area contributed by atoms with Gasteiger partial charge in [-0.3, -0.25) is 4.99 Å². The molecule has 0 amide bonds. The highest BCUT2D eigenvalue weighted by Gasteiger charge is 2.17. The summed E-state index contributed by atoms with van der Waals surface area (Å²) in [6, 6.07) is 49.8. The number of amidine groups is 2. The van der Waals surface area contributed by atoms with E-state index in [1.54, 1.807) is 0 Å². The predicted molar refractivity (Wildman–Crippen MR) is 213 cm³/mol. The van der Waals surface area contributed by atoms with Gasteiger partial charge in [-0.05, 0) is 51.7 Å². The number of nitrogens with zero attached hydrogens (tertiary/aromatic N) is 4. The fraction of sp³-hybridized carbons (Fsp3) is 0.0435. The molecule has 7 aromatic rings. The number of hydrogen-bond donors (Lipinski definition) is 1. The second-order valence-electron chi connectivity index (χ2n) is 12.4. The van der Waals surface area contributed by atoms with E-state index in [0.717, 1.165) is 66.3 Å². The average Bonchev–Trinajstić information content (AvgIpc) is 3.49. The first-order valence-corrected chi connectivity index (χ1v) is 17.1. The van der Waals surface area contributed by atoms with E-state index in [1.165, 1.54) is 0 Å². The summed E-state index contributed by atoms with van der Waals surface area (Å²) in [6.07, 6.45) is 10.9. The van der Waals surface area contributed by atoms with Crippen LogP contribution in [0.2, 0.25) is 0 Å². The molecule has 0 bridgehead atoms.